The third kappa shape index (κ3) is 8.82. The summed E-state index contributed by atoms with van der Waals surface area (Å²) in [6.07, 6.45) is 4.69. The molecular weight excluding hydrogens is 67.0 g/mol. The van der Waals surface area contributed by atoms with E-state index in [-0.39, 0.29) is 18.9 Å². The zero-order valence-corrected chi connectivity index (χ0v) is 4.99. The van der Waals surface area contributed by atoms with Gasteiger partial charge in [0, 0.05) is 0 Å². The largest absolute Gasteiger partial charge is 1.00 e. The second kappa shape index (κ2) is 9.14. The predicted molar refractivity (Wildman–Crippen MR) is 24.9 cm³/mol. The normalized spacial score (nSPS) is 7.00. The van der Waals surface area contributed by atoms with Gasteiger partial charge < -0.3 is 6.42 Å². The van der Waals surface area contributed by atoms with Gasteiger partial charge in [-0.15, -0.1) is 0 Å². The van der Waals surface area contributed by atoms with Crippen molar-refractivity contribution in [3.05, 3.63) is 6.42 Å². The molecule has 0 aromatic rings. The van der Waals surface area contributed by atoms with Crippen molar-refractivity contribution < 1.29 is 18.9 Å². The number of rotatable bonds is 2. The van der Waals surface area contributed by atoms with Crippen molar-refractivity contribution in [1.82, 2.24) is 0 Å². The number of unbranched alkanes of at least 4 members (excludes halogenated alkanes) is 2. The van der Waals surface area contributed by atoms with Gasteiger partial charge in [0.2, 0.25) is 0 Å². The first kappa shape index (κ1) is 9.78. The Labute approximate surface area is 52.5 Å². The summed E-state index contributed by atoms with van der Waals surface area (Å²) in [7, 11) is 0. The van der Waals surface area contributed by atoms with Crippen molar-refractivity contribution in [1.29, 1.82) is 0 Å². The van der Waals surface area contributed by atoms with E-state index in [0.717, 1.165) is 0 Å². The molecule has 0 aromatic heterocycles. The van der Waals surface area contributed by atoms with Crippen LogP contribution in [0.4, 0.5) is 0 Å². The van der Waals surface area contributed by atoms with Gasteiger partial charge in [0.15, 0.2) is 0 Å². The van der Waals surface area contributed by atoms with Crippen LogP contribution in [0, 0.1) is 6.42 Å². The second-order valence-electron chi connectivity index (χ2n) is 1.11. The van der Waals surface area contributed by atoms with E-state index < -0.39 is 0 Å². The second-order valence-corrected chi connectivity index (χ2v) is 1.11. The summed E-state index contributed by atoms with van der Waals surface area (Å²) in [5.74, 6) is 0. The average molecular weight is 78.1 g/mol. The number of hydrogen-bond acceptors (Lipinski definition) is 0. The molecule has 32 valence electrons. The molecule has 0 radical (unpaired) electrons. The summed E-state index contributed by atoms with van der Waals surface area (Å²) in [4.78, 5) is 0. The molecule has 0 aromatic carbocycles. The quantitative estimate of drug-likeness (QED) is 0.294. The minimum absolute atomic E-state index is 0. The van der Waals surface area contributed by atoms with Crippen LogP contribution in [-0.4, -0.2) is 0 Å². The summed E-state index contributed by atoms with van der Waals surface area (Å²) in [5, 5.41) is 0. The first-order valence-electron chi connectivity index (χ1n) is 2.23. The van der Waals surface area contributed by atoms with Gasteiger partial charge in [0.25, 0.3) is 0 Å². The van der Waals surface area contributed by atoms with E-state index in [1.807, 2.05) is 0 Å². The van der Waals surface area contributed by atoms with Crippen molar-refractivity contribution in [2.24, 2.45) is 0 Å². The van der Waals surface area contributed by atoms with Gasteiger partial charge in [-0.1, -0.05) is 13.8 Å². The molecule has 0 rings (SSSR count). The van der Waals surface area contributed by atoms with E-state index in [4.69, 9.17) is 0 Å². The van der Waals surface area contributed by atoms with Crippen LogP contribution < -0.4 is 18.9 Å². The molecule has 0 saturated carbocycles. The summed E-state index contributed by atoms with van der Waals surface area (Å²) in [5.41, 5.74) is 0. The van der Waals surface area contributed by atoms with Gasteiger partial charge in [0.05, 0.1) is 0 Å². The Kier molecular flexibility index (Phi) is 14.9. The maximum absolute atomic E-state index is 2.25. The van der Waals surface area contributed by atoms with Crippen molar-refractivity contribution in [3.8, 4) is 0 Å². The van der Waals surface area contributed by atoms with Crippen molar-refractivity contribution in [3.63, 3.8) is 0 Å². The maximum atomic E-state index is 2.25. The molecule has 0 amide bonds. The summed E-state index contributed by atoms with van der Waals surface area (Å²) >= 11 is 0. The first-order chi connectivity index (χ1) is 2.41. The summed E-state index contributed by atoms with van der Waals surface area (Å²) in [6, 6.07) is 0. The van der Waals surface area contributed by atoms with Gasteiger partial charge in [-0.25, -0.2) is 0 Å². The Hall–Kier alpha value is 0.597. The van der Waals surface area contributed by atoms with E-state index in [1.165, 1.54) is 12.8 Å². The Balaban J connectivity index is 0. The van der Waals surface area contributed by atoms with Gasteiger partial charge in [-0.3, -0.25) is 0 Å². The van der Waals surface area contributed by atoms with Crippen molar-refractivity contribution in [2.75, 3.05) is 0 Å². The first-order valence-corrected chi connectivity index (χ1v) is 2.23. The predicted octanol–water partition coefficient (Wildman–Crippen LogP) is -0.985. The Morgan fingerprint density at radius 2 is 1.50 bits per heavy atom. The molecule has 0 atom stereocenters. The van der Waals surface area contributed by atoms with Gasteiger partial charge in [-0.05, 0) is 0 Å². The fourth-order valence-electron chi connectivity index (χ4n) is 0.289. The van der Waals surface area contributed by atoms with Crippen LogP contribution in [-0.2, 0) is 0 Å². The third-order valence-electron chi connectivity index (χ3n) is 0.577. The molecule has 0 aliphatic carbocycles. The maximum Gasteiger partial charge on any atom is 1.00 e. The molecule has 0 unspecified atom stereocenters. The molecule has 0 bridgehead atoms. The van der Waals surface area contributed by atoms with E-state index in [1.54, 1.807) is 0 Å². The van der Waals surface area contributed by atoms with E-state index in [0.29, 0.717) is 0 Å². The van der Waals surface area contributed by atoms with Crippen LogP contribution in [0.1, 0.15) is 26.7 Å². The smallest absolute Gasteiger partial charge is 0.329 e. The van der Waals surface area contributed by atoms with Crippen LogP contribution in [0.15, 0.2) is 0 Å². The van der Waals surface area contributed by atoms with Gasteiger partial charge in [-0.2, -0.15) is 12.8 Å². The minimum atomic E-state index is 0. The number of hydrogen-bond donors (Lipinski definition) is 0. The molecule has 0 aliphatic rings. The molecule has 6 heavy (non-hydrogen) atoms. The van der Waals surface area contributed by atoms with Crippen LogP contribution in [0.2, 0.25) is 0 Å². The zero-order valence-electron chi connectivity index (χ0n) is 4.99. The van der Waals surface area contributed by atoms with Crippen LogP contribution in [0.5, 0.6) is 0 Å². The molecule has 0 nitrogen and oxygen atoms in total. The Morgan fingerprint density at radius 3 is 1.50 bits per heavy atom. The third-order valence-corrected chi connectivity index (χ3v) is 0.577. The van der Waals surface area contributed by atoms with E-state index in [9.17, 15) is 0 Å². The van der Waals surface area contributed by atoms with E-state index in [2.05, 4.69) is 20.3 Å². The van der Waals surface area contributed by atoms with Crippen LogP contribution in [0.3, 0.4) is 0 Å². The van der Waals surface area contributed by atoms with Crippen LogP contribution >= 0.6 is 0 Å². The Morgan fingerprint density at radius 1 is 1.17 bits per heavy atom. The molecule has 0 aliphatic heterocycles. The van der Waals surface area contributed by atoms with Crippen LogP contribution in [0.25, 0.3) is 0 Å². The summed E-state index contributed by atoms with van der Waals surface area (Å²) < 4.78 is 0. The standard InChI is InChI=1S/C5H11.Li/c1-3-5-4-2;/h5H,3-4H2,1-2H3;/q-1;+1. The molecule has 0 heterocycles. The van der Waals surface area contributed by atoms with Gasteiger partial charge >= 0.3 is 18.9 Å². The molecule has 0 N–H and O–H groups in total. The molecule has 0 spiro atoms. The SMILES string of the molecule is CC[CH-]CC.[Li+]. The molecular formula is C5H11Li. The van der Waals surface area contributed by atoms with Crippen molar-refractivity contribution in [2.45, 2.75) is 26.7 Å². The van der Waals surface area contributed by atoms with E-state index >= 15 is 0 Å². The molecule has 0 fully saturated rings. The average Bonchev–Trinajstić information content (AvgIpc) is 1.41. The molecule has 0 saturated heterocycles. The van der Waals surface area contributed by atoms with Gasteiger partial charge in [0.1, 0.15) is 0 Å². The van der Waals surface area contributed by atoms with Crippen molar-refractivity contribution >= 4 is 0 Å². The monoisotopic (exact) mass is 78.1 g/mol. The Bertz CT molecular complexity index is 11.4. The fraction of sp³-hybridized carbons (Fsp3) is 0.800. The fourth-order valence-corrected chi connectivity index (χ4v) is 0.289. The summed E-state index contributed by atoms with van der Waals surface area (Å²) in [6.45, 7) is 4.31. The molecule has 1 heteroatoms. The zero-order chi connectivity index (χ0) is 4.12. The topological polar surface area (TPSA) is 0 Å². The minimum Gasteiger partial charge on any atom is -0.329 e.